The highest BCUT2D eigenvalue weighted by atomic mass is 16.2. The van der Waals surface area contributed by atoms with Crippen molar-refractivity contribution >= 4 is 5.91 Å². The molecule has 0 aliphatic carbocycles. The Morgan fingerprint density at radius 3 is 2.56 bits per heavy atom. The fourth-order valence-electron chi connectivity index (χ4n) is 2.27. The van der Waals surface area contributed by atoms with Crippen LogP contribution in [0.4, 0.5) is 0 Å². The summed E-state index contributed by atoms with van der Waals surface area (Å²) in [5.41, 5.74) is 0. The normalized spacial score (nSPS) is 19.7. The van der Waals surface area contributed by atoms with Crippen molar-refractivity contribution in [2.24, 2.45) is 0 Å². The van der Waals surface area contributed by atoms with Gasteiger partial charge in [-0.1, -0.05) is 13.8 Å². The SMILES string of the molecule is CCCNC1CCN(CC(=O)NC(C)CC)CC1. The van der Waals surface area contributed by atoms with E-state index in [9.17, 15) is 4.79 Å². The zero-order valence-corrected chi connectivity index (χ0v) is 12.2. The smallest absolute Gasteiger partial charge is 0.234 e. The Hall–Kier alpha value is -0.610. The van der Waals surface area contributed by atoms with E-state index in [0.717, 1.165) is 38.9 Å². The van der Waals surface area contributed by atoms with Crippen LogP contribution in [0.1, 0.15) is 46.5 Å². The van der Waals surface area contributed by atoms with Crippen molar-refractivity contribution in [2.75, 3.05) is 26.2 Å². The standard InChI is InChI=1S/C14H29N3O/c1-4-8-15-13-6-9-17(10-7-13)11-14(18)16-12(3)5-2/h12-13,15H,4-11H2,1-3H3,(H,16,18). The molecule has 4 nitrogen and oxygen atoms in total. The van der Waals surface area contributed by atoms with Gasteiger partial charge in [0.15, 0.2) is 0 Å². The number of carbonyl (C=O) groups excluding carboxylic acids is 1. The molecule has 0 radical (unpaired) electrons. The second-order valence-corrected chi connectivity index (χ2v) is 5.38. The Bertz CT molecular complexity index is 237. The summed E-state index contributed by atoms with van der Waals surface area (Å²) in [6.45, 7) is 10.1. The van der Waals surface area contributed by atoms with Crippen LogP contribution in [0.2, 0.25) is 0 Å². The van der Waals surface area contributed by atoms with Crippen molar-refractivity contribution in [1.82, 2.24) is 15.5 Å². The minimum atomic E-state index is 0.171. The number of likely N-dealkylation sites (tertiary alicyclic amines) is 1. The van der Waals surface area contributed by atoms with Gasteiger partial charge in [-0.05, 0) is 39.2 Å². The van der Waals surface area contributed by atoms with Gasteiger partial charge in [0.05, 0.1) is 6.54 Å². The van der Waals surface area contributed by atoms with E-state index in [2.05, 4.69) is 36.3 Å². The summed E-state index contributed by atoms with van der Waals surface area (Å²) in [7, 11) is 0. The van der Waals surface area contributed by atoms with Crippen molar-refractivity contribution in [3.8, 4) is 0 Å². The summed E-state index contributed by atoms with van der Waals surface area (Å²) < 4.78 is 0. The maximum absolute atomic E-state index is 11.8. The highest BCUT2D eigenvalue weighted by molar-refractivity contribution is 5.78. The van der Waals surface area contributed by atoms with Crippen LogP contribution in [0, 0.1) is 0 Å². The lowest BCUT2D eigenvalue weighted by Crippen LogP contribution is -2.47. The first-order valence-corrected chi connectivity index (χ1v) is 7.40. The van der Waals surface area contributed by atoms with Crippen LogP contribution in [-0.4, -0.2) is 49.1 Å². The summed E-state index contributed by atoms with van der Waals surface area (Å²) in [6.07, 6.45) is 4.51. The van der Waals surface area contributed by atoms with Gasteiger partial charge in [-0.3, -0.25) is 9.69 Å². The van der Waals surface area contributed by atoms with Crippen LogP contribution in [0.25, 0.3) is 0 Å². The highest BCUT2D eigenvalue weighted by Crippen LogP contribution is 2.09. The monoisotopic (exact) mass is 255 g/mol. The number of hydrogen-bond acceptors (Lipinski definition) is 3. The van der Waals surface area contributed by atoms with E-state index in [-0.39, 0.29) is 5.91 Å². The largest absolute Gasteiger partial charge is 0.353 e. The molecule has 0 saturated carbocycles. The van der Waals surface area contributed by atoms with Crippen molar-refractivity contribution in [3.05, 3.63) is 0 Å². The predicted octanol–water partition coefficient (Wildman–Crippen LogP) is 1.37. The minimum absolute atomic E-state index is 0.171. The first kappa shape index (κ1) is 15.4. The summed E-state index contributed by atoms with van der Waals surface area (Å²) in [5, 5.41) is 6.59. The maximum atomic E-state index is 11.8. The predicted molar refractivity (Wildman–Crippen MR) is 75.7 cm³/mol. The molecular weight excluding hydrogens is 226 g/mol. The molecule has 106 valence electrons. The molecule has 18 heavy (non-hydrogen) atoms. The minimum Gasteiger partial charge on any atom is -0.353 e. The van der Waals surface area contributed by atoms with E-state index >= 15 is 0 Å². The van der Waals surface area contributed by atoms with Gasteiger partial charge in [0.25, 0.3) is 0 Å². The van der Waals surface area contributed by atoms with E-state index in [1.165, 1.54) is 6.42 Å². The van der Waals surface area contributed by atoms with Gasteiger partial charge < -0.3 is 10.6 Å². The van der Waals surface area contributed by atoms with Gasteiger partial charge in [0.1, 0.15) is 0 Å². The van der Waals surface area contributed by atoms with Crippen LogP contribution in [0.3, 0.4) is 0 Å². The molecule has 4 heteroatoms. The zero-order valence-electron chi connectivity index (χ0n) is 12.2. The summed E-state index contributed by atoms with van der Waals surface area (Å²) in [6, 6.07) is 0.945. The lowest BCUT2D eigenvalue weighted by Gasteiger charge is -2.32. The molecule has 1 amide bonds. The molecular formula is C14H29N3O. The average Bonchev–Trinajstić information content (AvgIpc) is 2.37. The molecule has 1 atom stereocenters. The number of piperidine rings is 1. The highest BCUT2D eigenvalue weighted by Gasteiger charge is 2.20. The summed E-state index contributed by atoms with van der Waals surface area (Å²) >= 11 is 0. The molecule has 1 heterocycles. The number of amides is 1. The Balaban J connectivity index is 2.16. The van der Waals surface area contributed by atoms with Gasteiger partial charge in [-0.2, -0.15) is 0 Å². The first-order valence-electron chi connectivity index (χ1n) is 7.40. The van der Waals surface area contributed by atoms with Crippen LogP contribution in [-0.2, 0) is 4.79 Å². The van der Waals surface area contributed by atoms with Crippen LogP contribution in [0.15, 0.2) is 0 Å². The second-order valence-electron chi connectivity index (χ2n) is 5.38. The molecule has 1 aliphatic heterocycles. The Morgan fingerprint density at radius 1 is 1.33 bits per heavy atom. The first-order chi connectivity index (χ1) is 8.65. The number of nitrogens with one attached hydrogen (secondary N) is 2. The average molecular weight is 255 g/mol. The van der Waals surface area contributed by atoms with E-state index in [0.29, 0.717) is 18.6 Å². The van der Waals surface area contributed by atoms with Crippen molar-refractivity contribution in [3.63, 3.8) is 0 Å². The molecule has 0 aromatic rings. The molecule has 1 unspecified atom stereocenters. The Kier molecular flexibility index (Phi) is 7.28. The third kappa shape index (κ3) is 5.83. The van der Waals surface area contributed by atoms with Gasteiger partial charge >= 0.3 is 0 Å². The lowest BCUT2D eigenvalue weighted by molar-refractivity contribution is -0.123. The van der Waals surface area contributed by atoms with Crippen molar-refractivity contribution in [1.29, 1.82) is 0 Å². The van der Waals surface area contributed by atoms with E-state index in [1.54, 1.807) is 0 Å². The molecule has 0 aromatic heterocycles. The van der Waals surface area contributed by atoms with Crippen LogP contribution >= 0.6 is 0 Å². The van der Waals surface area contributed by atoms with Gasteiger partial charge in [0, 0.05) is 25.2 Å². The fraction of sp³-hybridized carbons (Fsp3) is 0.929. The second kappa shape index (κ2) is 8.48. The molecule has 2 N–H and O–H groups in total. The maximum Gasteiger partial charge on any atom is 0.234 e. The third-order valence-corrected chi connectivity index (χ3v) is 3.66. The molecule has 1 saturated heterocycles. The molecule has 1 rings (SSSR count). The molecule has 1 fully saturated rings. The van der Waals surface area contributed by atoms with E-state index < -0.39 is 0 Å². The summed E-state index contributed by atoms with van der Waals surface area (Å²) in [5.74, 6) is 0.171. The van der Waals surface area contributed by atoms with Gasteiger partial charge in [-0.15, -0.1) is 0 Å². The lowest BCUT2D eigenvalue weighted by atomic mass is 10.0. The van der Waals surface area contributed by atoms with E-state index in [1.807, 2.05) is 0 Å². The zero-order chi connectivity index (χ0) is 13.4. The number of nitrogens with zero attached hydrogens (tertiary/aromatic N) is 1. The van der Waals surface area contributed by atoms with Gasteiger partial charge in [-0.25, -0.2) is 0 Å². The molecule has 0 spiro atoms. The molecule has 0 bridgehead atoms. The number of rotatable bonds is 7. The van der Waals surface area contributed by atoms with Crippen LogP contribution < -0.4 is 10.6 Å². The molecule has 1 aliphatic rings. The van der Waals surface area contributed by atoms with Crippen molar-refractivity contribution < 1.29 is 4.79 Å². The quantitative estimate of drug-likeness (QED) is 0.722. The van der Waals surface area contributed by atoms with Crippen LogP contribution in [0.5, 0.6) is 0 Å². The fourth-order valence-corrected chi connectivity index (χ4v) is 2.27. The Labute approximate surface area is 111 Å². The third-order valence-electron chi connectivity index (χ3n) is 3.66. The van der Waals surface area contributed by atoms with Gasteiger partial charge in [0.2, 0.25) is 5.91 Å². The van der Waals surface area contributed by atoms with Crippen molar-refractivity contribution in [2.45, 2.75) is 58.5 Å². The Morgan fingerprint density at radius 2 is 2.00 bits per heavy atom. The number of carbonyl (C=O) groups is 1. The molecule has 0 aromatic carbocycles. The number of hydrogen-bond donors (Lipinski definition) is 2. The van der Waals surface area contributed by atoms with E-state index in [4.69, 9.17) is 0 Å². The topological polar surface area (TPSA) is 44.4 Å². The summed E-state index contributed by atoms with van der Waals surface area (Å²) in [4.78, 5) is 14.0.